The van der Waals surface area contributed by atoms with Gasteiger partial charge in [0.2, 0.25) is 0 Å². The molecule has 0 bridgehead atoms. The van der Waals surface area contributed by atoms with E-state index in [1.807, 2.05) is 0 Å². The number of alkyl halides is 1. The molecule has 0 fully saturated rings. The minimum absolute atomic E-state index is 0.110. The number of ether oxygens (including phenoxy) is 13. The third kappa shape index (κ3) is 44.9. The molecule has 0 radical (unpaired) electrons. The smallest absolute Gasteiger partial charge is 0.305 e. The molecule has 0 saturated heterocycles. The van der Waals surface area contributed by atoms with Crippen LogP contribution in [0, 0.1) is 0 Å². The molecule has 0 aliphatic carbocycles. The highest BCUT2D eigenvalue weighted by Gasteiger charge is 2.03. The van der Waals surface area contributed by atoms with Gasteiger partial charge in [-0.3, -0.25) is 4.79 Å². The van der Waals surface area contributed by atoms with Gasteiger partial charge >= 0.3 is 5.97 Å². The highest BCUT2D eigenvalue weighted by molar-refractivity contribution is 5.69. The van der Waals surface area contributed by atoms with E-state index in [0.29, 0.717) is 158 Å². The summed E-state index contributed by atoms with van der Waals surface area (Å²) in [5.41, 5.74) is 0. The van der Waals surface area contributed by atoms with E-state index in [1.54, 1.807) is 0 Å². The van der Waals surface area contributed by atoms with Crippen molar-refractivity contribution in [1.82, 2.24) is 0 Å². The first-order chi connectivity index (χ1) is 24.8. The standard InChI is InChI=1S/C35H69FO14/c1-2-3-4-5-6-7-8-35(37)50-34-33-49-32-31-48-30-29-47-28-27-46-26-25-45-24-23-44-22-21-43-20-19-42-18-17-41-16-15-40-14-13-39-12-11-38-10-9-36/h2-34H2,1H3. The van der Waals surface area contributed by atoms with Crippen molar-refractivity contribution in [3.8, 4) is 0 Å². The third-order valence-electron chi connectivity index (χ3n) is 6.54. The molecule has 0 aromatic rings. The molecule has 0 N–H and O–H groups in total. The zero-order valence-electron chi connectivity index (χ0n) is 30.9. The lowest BCUT2D eigenvalue weighted by molar-refractivity contribution is -0.145. The third-order valence-corrected chi connectivity index (χ3v) is 6.54. The number of halogens is 1. The van der Waals surface area contributed by atoms with Gasteiger partial charge in [-0.15, -0.1) is 0 Å². The molecule has 0 aliphatic heterocycles. The zero-order valence-corrected chi connectivity index (χ0v) is 30.9. The van der Waals surface area contributed by atoms with E-state index in [-0.39, 0.29) is 19.2 Å². The van der Waals surface area contributed by atoms with Crippen molar-refractivity contribution in [3.05, 3.63) is 0 Å². The van der Waals surface area contributed by atoms with Crippen LogP contribution >= 0.6 is 0 Å². The van der Waals surface area contributed by atoms with E-state index >= 15 is 0 Å². The molecule has 0 amide bonds. The maximum atomic E-state index is 11.8. The van der Waals surface area contributed by atoms with Crippen molar-refractivity contribution < 1.29 is 70.8 Å². The van der Waals surface area contributed by atoms with Gasteiger partial charge in [-0.05, 0) is 6.42 Å². The Hall–Kier alpha value is -1.08. The lowest BCUT2D eigenvalue weighted by atomic mass is 10.1. The van der Waals surface area contributed by atoms with E-state index in [0.717, 1.165) is 12.8 Å². The number of unbranched alkanes of at least 4 members (excludes halogenated alkanes) is 5. The second-order valence-electron chi connectivity index (χ2n) is 10.8. The maximum absolute atomic E-state index is 11.8. The van der Waals surface area contributed by atoms with Gasteiger partial charge in [-0.25, -0.2) is 4.39 Å². The minimum atomic E-state index is -0.478. The van der Waals surface area contributed by atoms with Crippen molar-refractivity contribution in [2.75, 3.05) is 172 Å². The fourth-order valence-corrected chi connectivity index (χ4v) is 3.91. The molecule has 14 nitrogen and oxygen atoms in total. The Balaban J connectivity index is 3.09. The van der Waals surface area contributed by atoms with Crippen molar-refractivity contribution in [2.45, 2.75) is 51.9 Å². The van der Waals surface area contributed by atoms with Crippen LogP contribution in [0.3, 0.4) is 0 Å². The Labute approximate surface area is 300 Å². The van der Waals surface area contributed by atoms with Crippen LogP contribution in [0.4, 0.5) is 4.39 Å². The Morgan fingerprint density at radius 1 is 0.340 bits per heavy atom. The van der Waals surface area contributed by atoms with Crippen molar-refractivity contribution in [1.29, 1.82) is 0 Å². The molecule has 15 heteroatoms. The van der Waals surface area contributed by atoms with Crippen molar-refractivity contribution >= 4 is 5.97 Å². The molecule has 0 heterocycles. The fraction of sp³-hybridized carbons (Fsp3) is 0.971. The Kier molecular flexibility index (Phi) is 44.9. The number of carbonyl (C=O) groups is 1. The normalized spacial score (nSPS) is 11.5. The first-order valence-electron chi connectivity index (χ1n) is 18.5. The molecule has 0 spiro atoms. The second kappa shape index (κ2) is 45.9. The Morgan fingerprint density at radius 3 is 0.860 bits per heavy atom. The van der Waals surface area contributed by atoms with E-state index in [2.05, 4.69) is 6.92 Å². The van der Waals surface area contributed by atoms with E-state index < -0.39 is 6.67 Å². The number of carbonyl (C=O) groups excluding carboxylic acids is 1. The summed E-state index contributed by atoms with van der Waals surface area (Å²) in [6.45, 7) is 13.0. The van der Waals surface area contributed by atoms with Gasteiger partial charge in [0.1, 0.15) is 13.3 Å². The highest BCUT2D eigenvalue weighted by Crippen LogP contribution is 2.07. The van der Waals surface area contributed by atoms with Gasteiger partial charge in [0.15, 0.2) is 0 Å². The molecule has 0 rings (SSSR count). The van der Waals surface area contributed by atoms with Crippen LogP contribution < -0.4 is 0 Å². The molecule has 0 saturated carbocycles. The second-order valence-corrected chi connectivity index (χ2v) is 10.8. The number of esters is 1. The minimum Gasteiger partial charge on any atom is -0.463 e. The summed E-state index contributed by atoms with van der Waals surface area (Å²) < 4.78 is 81.8. The quantitative estimate of drug-likeness (QED) is 0.0668. The average Bonchev–Trinajstić information content (AvgIpc) is 3.12. The lowest BCUT2D eigenvalue weighted by Gasteiger charge is -2.09. The van der Waals surface area contributed by atoms with Gasteiger partial charge < -0.3 is 61.6 Å². The largest absolute Gasteiger partial charge is 0.463 e. The van der Waals surface area contributed by atoms with Gasteiger partial charge in [0.25, 0.3) is 0 Å². The van der Waals surface area contributed by atoms with Gasteiger partial charge in [0, 0.05) is 6.42 Å². The SMILES string of the molecule is CCCCCCCCC(=O)OCCOCCOCCOCCOCCOCCOCCOCCOCCOCCOCCOCCOCCF. The molecule has 300 valence electrons. The van der Waals surface area contributed by atoms with Crippen LogP contribution in [0.2, 0.25) is 0 Å². The topological polar surface area (TPSA) is 137 Å². The van der Waals surface area contributed by atoms with Crippen molar-refractivity contribution in [3.63, 3.8) is 0 Å². The lowest BCUT2D eigenvalue weighted by Crippen LogP contribution is -2.15. The van der Waals surface area contributed by atoms with E-state index in [1.165, 1.54) is 25.7 Å². The highest BCUT2D eigenvalue weighted by atomic mass is 19.1. The first-order valence-corrected chi connectivity index (χ1v) is 18.5. The summed E-state index contributed by atoms with van der Waals surface area (Å²) in [7, 11) is 0. The summed E-state index contributed by atoms with van der Waals surface area (Å²) in [5, 5.41) is 0. The number of hydrogen-bond donors (Lipinski definition) is 0. The van der Waals surface area contributed by atoms with Crippen LogP contribution in [0.1, 0.15) is 51.9 Å². The van der Waals surface area contributed by atoms with E-state index in [4.69, 9.17) is 61.6 Å². The average molecular weight is 733 g/mol. The molecule has 0 aromatic carbocycles. The molecule has 0 aliphatic rings. The summed E-state index contributed by atoms with van der Waals surface area (Å²) in [4.78, 5) is 11.7. The maximum Gasteiger partial charge on any atom is 0.305 e. The van der Waals surface area contributed by atoms with Crippen LogP contribution in [0.15, 0.2) is 0 Å². The fourth-order valence-electron chi connectivity index (χ4n) is 3.91. The molecule has 0 atom stereocenters. The predicted octanol–water partition coefficient (Wildman–Crippen LogP) is 3.45. The Bertz CT molecular complexity index is 638. The van der Waals surface area contributed by atoms with Crippen LogP contribution in [0.5, 0.6) is 0 Å². The molecule has 0 unspecified atom stereocenters. The predicted molar refractivity (Wildman–Crippen MR) is 185 cm³/mol. The zero-order chi connectivity index (χ0) is 36.1. The van der Waals surface area contributed by atoms with Crippen molar-refractivity contribution in [2.24, 2.45) is 0 Å². The summed E-state index contributed by atoms with van der Waals surface area (Å²) in [6.07, 6.45) is 7.40. The van der Waals surface area contributed by atoms with Gasteiger partial charge in [-0.1, -0.05) is 39.0 Å². The molecule has 50 heavy (non-hydrogen) atoms. The Morgan fingerprint density at radius 2 is 0.580 bits per heavy atom. The van der Waals surface area contributed by atoms with Crippen LogP contribution in [-0.2, 0) is 66.4 Å². The monoisotopic (exact) mass is 732 g/mol. The summed E-state index contributed by atoms with van der Waals surface area (Å²) in [6, 6.07) is 0. The van der Waals surface area contributed by atoms with Crippen LogP contribution in [-0.4, -0.2) is 178 Å². The van der Waals surface area contributed by atoms with E-state index in [9.17, 15) is 9.18 Å². The van der Waals surface area contributed by atoms with Gasteiger partial charge in [-0.2, -0.15) is 0 Å². The summed E-state index contributed by atoms with van der Waals surface area (Å²) in [5.74, 6) is -0.147. The first kappa shape index (κ1) is 48.9. The molecular weight excluding hydrogens is 663 g/mol. The number of hydrogen-bond acceptors (Lipinski definition) is 14. The molecular formula is C35H69FO14. The number of rotatable bonds is 45. The van der Waals surface area contributed by atoms with Gasteiger partial charge in [0.05, 0.1) is 159 Å². The summed E-state index contributed by atoms with van der Waals surface area (Å²) >= 11 is 0. The molecule has 0 aromatic heterocycles. The van der Waals surface area contributed by atoms with Crippen LogP contribution in [0.25, 0.3) is 0 Å².